The Labute approximate surface area is 102 Å². The van der Waals surface area contributed by atoms with E-state index in [4.69, 9.17) is 5.73 Å². The number of rotatable bonds is 6. The van der Waals surface area contributed by atoms with E-state index in [9.17, 15) is 4.79 Å². The average Bonchev–Trinajstić information content (AvgIpc) is 2.23. The van der Waals surface area contributed by atoms with Crippen molar-refractivity contribution < 1.29 is 0 Å². The minimum absolute atomic E-state index is 0.0182. The van der Waals surface area contributed by atoms with Crippen LogP contribution in [0.5, 0.6) is 0 Å². The first kappa shape index (κ1) is 13.9. The molecule has 1 aromatic heterocycles. The maximum atomic E-state index is 11.8. The summed E-state index contributed by atoms with van der Waals surface area (Å²) in [6.07, 6.45) is 2.03. The molecule has 1 atom stereocenters. The van der Waals surface area contributed by atoms with Crippen LogP contribution in [0.15, 0.2) is 4.79 Å². The van der Waals surface area contributed by atoms with Gasteiger partial charge in [-0.3, -0.25) is 4.79 Å². The molecule has 0 saturated carbocycles. The van der Waals surface area contributed by atoms with Crippen LogP contribution >= 0.6 is 0 Å². The van der Waals surface area contributed by atoms with Gasteiger partial charge in [0.15, 0.2) is 0 Å². The van der Waals surface area contributed by atoms with E-state index in [2.05, 4.69) is 15.3 Å². The van der Waals surface area contributed by atoms with Crippen LogP contribution in [0.3, 0.4) is 0 Å². The monoisotopic (exact) mass is 238 g/mol. The molecule has 0 aromatic carbocycles. The second-order valence-corrected chi connectivity index (χ2v) is 4.32. The first-order valence-electron chi connectivity index (χ1n) is 6.07. The van der Waals surface area contributed by atoms with Crippen LogP contribution in [0.25, 0.3) is 0 Å². The second kappa shape index (κ2) is 6.51. The van der Waals surface area contributed by atoms with Gasteiger partial charge in [0.05, 0.1) is 5.56 Å². The van der Waals surface area contributed by atoms with Crippen molar-refractivity contribution in [2.45, 2.75) is 39.7 Å². The predicted molar refractivity (Wildman–Crippen MR) is 69.0 cm³/mol. The lowest BCUT2D eigenvalue weighted by Gasteiger charge is -2.15. The standard InChI is InChI=1S/C12H22N4O/c1-8(14-7-5-4-6-13)11-9(2)15-10(3)16-12(11)17/h8,14H,4-7,13H2,1-3H3,(H,15,16,17). The van der Waals surface area contributed by atoms with E-state index in [1.54, 1.807) is 6.92 Å². The van der Waals surface area contributed by atoms with Gasteiger partial charge < -0.3 is 16.0 Å². The highest BCUT2D eigenvalue weighted by Gasteiger charge is 2.13. The van der Waals surface area contributed by atoms with Crippen LogP contribution in [0.4, 0.5) is 0 Å². The minimum Gasteiger partial charge on any atom is -0.330 e. The van der Waals surface area contributed by atoms with E-state index in [1.807, 2.05) is 13.8 Å². The van der Waals surface area contributed by atoms with Crippen molar-refractivity contribution in [3.05, 3.63) is 27.4 Å². The molecule has 0 fully saturated rings. The molecule has 1 aromatic rings. The zero-order valence-corrected chi connectivity index (χ0v) is 10.8. The summed E-state index contributed by atoms with van der Waals surface area (Å²) in [5.41, 5.74) is 6.90. The van der Waals surface area contributed by atoms with Crippen molar-refractivity contribution in [2.75, 3.05) is 13.1 Å². The smallest absolute Gasteiger partial charge is 0.255 e. The van der Waals surface area contributed by atoms with Crippen molar-refractivity contribution in [1.82, 2.24) is 15.3 Å². The molecule has 17 heavy (non-hydrogen) atoms. The summed E-state index contributed by atoms with van der Waals surface area (Å²) in [5.74, 6) is 0.659. The largest absolute Gasteiger partial charge is 0.330 e. The Hall–Kier alpha value is -1.20. The molecule has 0 aliphatic heterocycles. The Morgan fingerprint density at radius 1 is 1.41 bits per heavy atom. The summed E-state index contributed by atoms with van der Waals surface area (Å²) < 4.78 is 0. The molecule has 0 bridgehead atoms. The molecule has 1 rings (SSSR count). The lowest BCUT2D eigenvalue weighted by atomic mass is 10.1. The van der Waals surface area contributed by atoms with Gasteiger partial charge in [-0.2, -0.15) is 0 Å². The topological polar surface area (TPSA) is 83.8 Å². The number of aromatic nitrogens is 2. The van der Waals surface area contributed by atoms with Crippen molar-refractivity contribution in [1.29, 1.82) is 0 Å². The van der Waals surface area contributed by atoms with E-state index >= 15 is 0 Å². The summed E-state index contributed by atoms with van der Waals surface area (Å²) in [5, 5.41) is 3.32. The minimum atomic E-state index is -0.0474. The Morgan fingerprint density at radius 3 is 2.71 bits per heavy atom. The Balaban J connectivity index is 2.69. The van der Waals surface area contributed by atoms with Gasteiger partial charge in [-0.1, -0.05) is 0 Å². The molecule has 1 heterocycles. The van der Waals surface area contributed by atoms with Crippen LogP contribution < -0.4 is 16.6 Å². The first-order valence-corrected chi connectivity index (χ1v) is 6.07. The molecule has 5 heteroatoms. The maximum Gasteiger partial charge on any atom is 0.255 e. The van der Waals surface area contributed by atoms with Gasteiger partial charge >= 0.3 is 0 Å². The SMILES string of the molecule is Cc1nc(C)c(C(C)NCCCCN)c(=O)[nH]1. The van der Waals surface area contributed by atoms with E-state index in [0.29, 0.717) is 12.4 Å². The highest BCUT2D eigenvalue weighted by Crippen LogP contribution is 2.10. The third kappa shape index (κ3) is 3.94. The van der Waals surface area contributed by atoms with Crippen molar-refractivity contribution in [3.63, 3.8) is 0 Å². The summed E-state index contributed by atoms with van der Waals surface area (Å²) in [6, 6.07) is 0.0182. The number of hydrogen-bond donors (Lipinski definition) is 3. The zero-order chi connectivity index (χ0) is 12.8. The molecule has 96 valence electrons. The number of hydrogen-bond acceptors (Lipinski definition) is 4. The van der Waals surface area contributed by atoms with Crippen molar-refractivity contribution >= 4 is 0 Å². The fraction of sp³-hybridized carbons (Fsp3) is 0.667. The summed E-state index contributed by atoms with van der Waals surface area (Å²) in [6.45, 7) is 7.22. The molecule has 0 saturated heterocycles. The number of unbranched alkanes of at least 4 members (excludes halogenated alkanes) is 1. The fourth-order valence-electron chi connectivity index (χ4n) is 1.94. The molecular weight excluding hydrogens is 216 g/mol. The number of nitrogens with zero attached hydrogens (tertiary/aromatic N) is 1. The van der Waals surface area contributed by atoms with Gasteiger partial charge in [0.25, 0.3) is 5.56 Å². The molecule has 4 N–H and O–H groups in total. The van der Waals surface area contributed by atoms with Crippen LogP contribution in [-0.2, 0) is 0 Å². The highest BCUT2D eigenvalue weighted by atomic mass is 16.1. The Morgan fingerprint density at radius 2 is 2.12 bits per heavy atom. The third-order valence-electron chi connectivity index (χ3n) is 2.78. The molecule has 0 amide bonds. The van der Waals surface area contributed by atoms with Gasteiger partial charge in [0.2, 0.25) is 0 Å². The van der Waals surface area contributed by atoms with Crippen molar-refractivity contribution in [3.8, 4) is 0 Å². The van der Waals surface area contributed by atoms with Gasteiger partial charge in [-0.25, -0.2) is 4.98 Å². The molecule has 0 radical (unpaired) electrons. The second-order valence-electron chi connectivity index (χ2n) is 4.32. The highest BCUT2D eigenvalue weighted by molar-refractivity contribution is 5.19. The Bertz CT molecular complexity index is 413. The summed E-state index contributed by atoms with van der Waals surface area (Å²) >= 11 is 0. The molecule has 0 aliphatic rings. The van der Waals surface area contributed by atoms with Crippen molar-refractivity contribution in [2.24, 2.45) is 5.73 Å². The molecule has 0 spiro atoms. The third-order valence-corrected chi connectivity index (χ3v) is 2.78. The predicted octanol–water partition coefficient (Wildman–Crippen LogP) is 0.776. The van der Waals surface area contributed by atoms with Crippen LogP contribution in [-0.4, -0.2) is 23.1 Å². The molecule has 0 aliphatic carbocycles. The summed E-state index contributed by atoms with van der Waals surface area (Å²) in [4.78, 5) is 18.9. The number of nitrogens with one attached hydrogen (secondary N) is 2. The fourth-order valence-corrected chi connectivity index (χ4v) is 1.94. The number of aryl methyl sites for hydroxylation is 2. The summed E-state index contributed by atoms with van der Waals surface area (Å²) in [7, 11) is 0. The molecular formula is C12H22N4O. The van der Waals surface area contributed by atoms with E-state index in [-0.39, 0.29) is 11.6 Å². The number of nitrogens with two attached hydrogens (primary N) is 1. The van der Waals surface area contributed by atoms with Crippen LogP contribution in [0, 0.1) is 13.8 Å². The average molecular weight is 238 g/mol. The number of aromatic amines is 1. The van der Waals surface area contributed by atoms with Gasteiger partial charge in [-0.15, -0.1) is 0 Å². The lowest BCUT2D eigenvalue weighted by molar-refractivity contribution is 0.540. The van der Waals surface area contributed by atoms with Gasteiger partial charge in [-0.05, 0) is 46.7 Å². The first-order chi connectivity index (χ1) is 8.06. The molecule has 5 nitrogen and oxygen atoms in total. The normalized spacial score (nSPS) is 12.7. The van der Waals surface area contributed by atoms with E-state index in [1.165, 1.54) is 0 Å². The van der Waals surface area contributed by atoms with Gasteiger partial charge in [0.1, 0.15) is 5.82 Å². The quantitative estimate of drug-likeness (QED) is 0.639. The maximum absolute atomic E-state index is 11.8. The number of H-pyrrole nitrogens is 1. The van der Waals surface area contributed by atoms with Crippen LogP contribution in [0.2, 0.25) is 0 Å². The molecule has 1 unspecified atom stereocenters. The van der Waals surface area contributed by atoms with E-state index < -0.39 is 0 Å². The van der Waals surface area contributed by atoms with E-state index in [0.717, 1.165) is 30.6 Å². The van der Waals surface area contributed by atoms with Crippen LogP contribution in [0.1, 0.15) is 42.9 Å². The zero-order valence-electron chi connectivity index (χ0n) is 10.8. The Kier molecular flexibility index (Phi) is 5.31. The van der Waals surface area contributed by atoms with Gasteiger partial charge in [0, 0.05) is 11.7 Å². The lowest BCUT2D eigenvalue weighted by Crippen LogP contribution is -2.28.